The van der Waals surface area contributed by atoms with E-state index < -0.39 is 5.97 Å². The van der Waals surface area contributed by atoms with Crippen molar-refractivity contribution in [3.05, 3.63) is 28.2 Å². The minimum atomic E-state index is -0.874. The third-order valence-electron chi connectivity index (χ3n) is 2.84. The van der Waals surface area contributed by atoms with E-state index in [9.17, 15) is 9.90 Å². The highest BCUT2D eigenvalue weighted by atomic mass is 79.9. The summed E-state index contributed by atoms with van der Waals surface area (Å²) in [4.78, 5) is 13.4. The Hall–Kier alpha value is -1.03. The summed E-state index contributed by atoms with van der Waals surface area (Å²) in [6.07, 6.45) is 2.33. The van der Waals surface area contributed by atoms with E-state index in [-0.39, 0.29) is 0 Å². The van der Waals surface area contributed by atoms with Gasteiger partial charge in [0.25, 0.3) is 0 Å². The van der Waals surface area contributed by atoms with Gasteiger partial charge >= 0.3 is 5.97 Å². The van der Waals surface area contributed by atoms with Crippen LogP contribution in [0.5, 0.6) is 0 Å². The molecule has 0 atom stereocenters. The standard InChI is InChI=1S/C12H14BrNO2/c1-2-14(8-6-7-8)10-5-3-4-9(13)11(10)12(15)16/h3-5,8H,2,6-7H2,1H3,(H,15,16). The summed E-state index contributed by atoms with van der Waals surface area (Å²) in [5.74, 6) is -0.874. The first kappa shape index (κ1) is 11.5. The predicted octanol–water partition coefficient (Wildman–Crippen LogP) is 3.14. The van der Waals surface area contributed by atoms with Gasteiger partial charge in [0.2, 0.25) is 0 Å². The third kappa shape index (κ3) is 2.07. The van der Waals surface area contributed by atoms with Gasteiger partial charge in [-0.15, -0.1) is 0 Å². The van der Waals surface area contributed by atoms with Crippen molar-refractivity contribution < 1.29 is 9.90 Å². The minimum Gasteiger partial charge on any atom is -0.478 e. The number of benzene rings is 1. The van der Waals surface area contributed by atoms with Gasteiger partial charge in [-0.2, -0.15) is 0 Å². The summed E-state index contributed by atoms with van der Waals surface area (Å²) in [7, 11) is 0. The molecule has 86 valence electrons. The number of nitrogens with zero attached hydrogens (tertiary/aromatic N) is 1. The van der Waals surface area contributed by atoms with Gasteiger partial charge in [-0.1, -0.05) is 6.07 Å². The molecule has 1 aromatic rings. The number of anilines is 1. The van der Waals surface area contributed by atoms with Crippen LogP contribution >= 0.6 is 15.9 Å². The summed E-state index contributed by atoms with van der Waals surface area (Å²) in [6, 6.07) is 6.07. The summed E-state index contributed by atoms with van der Waals surface area (Å²) < 4.78 is 0.650. The van der Waals surface area contributed by atoms with E-state index in [2.05, 4.69) is 27.8 Å². The molecule has 0 amide bonds. The van der Waals surface area contributed by atoms with Crippen molar-refractivity contribution >= 4 is 27.6 Å². The van der Waals surface area contributed by atoms with Crippen molar-refractivity contribution in [3.63, 3.8) is 0 Å². The molecule has 1 fully saturated rings. The number of hydrogen-bond donors (Lipinski definition) is 1. The summed E-state index contributed by atoms with van der Waals surface area (Å²) in [5, 5.41) is 9.24. The molecule has 1 aromatic carbocycles. The summed E-state index contributed by atoms with van der Waals surface area (Å²) in [5.41, 5.74) is 1.20. The SMILES string of the molecule is CCN(c1cccc(Br)c1C(=O)O)C1CC1. The molecule has 0 spiro atoms. The van der Waals surface area contributed by atoms with E-state index in [4.69, 9.17) is 0 Å². The van der Waals surface area contributed by atoms with Gasteiger partial charge in [0, 0.05) is 17.1 Å². The highest BCUT2D eigenvalue weighted by Crippen LogP contribution is 2.35. The van der Waals surface area contributed by atoms with Crippen molar-refractivity contribution in [1.82, 2.24) is 0 Å². The molecule has 0 aromatic heterocycles. The maximum Gasteiger partial charge on any atom is 0.338 e. The lowest BCUT2D eigenvalue weighted by atomic mass is 10.1. The number of halogens is 1. The number of carboxylic acid groups (broad SMARTS) is 1. The topological polar surface area (TPSA) is 40.5 Å². The molecule has 3 nitrogen and oxygen atoms in total. The maximum atomic E-state index is 11.2. The van der Waals surface area contributed by atoms with Crippen LogP contribution in [0, 0.1) is 0 Å². The Labute approximate surface area is 103 Å². The van der Waals surface area contributed by atoms with Crippen LogP contribution in [-0.2, 0) is 0 Å². The molecular weight excluding hydrogens is 270 g/mol. The Bertz CT molecular complexity index is 415. The van der Waals surface area contributed by atoms with Crippen LogP contribution in [0.1, 0.15) is 30.1 Å². The first-order valence-electron chi connectivity index (χ1n) is 5.43. The van der Waals surface area contributed by atoms with E-state index in [1.807, 2.05) is 12.1 Å². The van der Waals surface area contributed by atoms with Gasteiger partial charge in [0.15, 0.2) is 0 Å². The van der Waals surface area contributed by atoms with Crippen LogP contribution in [0.4, 0.5) is 5.69 Å². The zero-order valence-corrected chi connectivity index (χ0v) is 10.7. The first-order valence-corrected chi connectivity index (χ1v) is 6.23. The number of aromatic carboxylic acids is 1. The highest BCUT2D eigenvalue weighted by Gasteiger charge is 2.30. The fourth-order valence-electron chi connectivity index (χ4n) is 1.98. The molecule has 1 N–H and O–H groups in total. The second-order valence-electron chi connectivity index (χ2n) is 3.96. The van der Waals surface area contributed by atoms with Crippen molar-refractivity contribution in [2.24, 2.45) is 0 Å². The molecule has 0 unspecified atom stereocenters. The lowest BCUT2D eigenvalue weighted by Crippen LogP contribution is -2.27. The van der Waals surface area contributed by atoms with Gasteiger partial charge in [-0.05, 0) is 47.8 Å². The Morgan fingerprint density at radius 1 is 1.56 bits per heavy atom. The second kappa shape index (κ2) is 4.45. The number of rotatable bonds is 4. The monoisotopic (exact) mass is 283 g/mol. The first-order chi connectivity index (χ1) is 7.65. The van der Waals surface area contributed by atoms with Crippen LogP contribution in [0.3, 0.4) is 0 Å². The highest BCUT2D eigenvalue weighted by molar-refractivity contribution is 9.10. The molecule has 4 heteroatoms. The molecule has 0 heterocycles. The lowest BCUT2D eigenvalue weighted by Gasteiger charge is -2.24. The Kier molecular flexibility index (Phi) is 3.19. The lowest BCUT2D eigenvalue weighted by molar-refractivity contribution is 0.0696. The molecule has 0 radical (unpaired) electrons. The Morgan fingerprint density at radius 2 is 2.25 bits per heavy atom. The molecule has 2 rings (SSSR count). The fraction of sp³-hybridized carbons (Fsp3) is 0.417. The molecule has 0 bridgehead atoms. The van der Waals surface area contributed by atoms with Crippen LogP contribution in [0.2, 0.25) is 0 Å². The van der Waals surface area contributed by atoms with Crippen molar-refractivity contribution in [3.8, 4) is 0 Å². The Balaban J connectivity index is 2.45. The largest absolute Gasteiger partial charge is 0.478 e. The van der Waals surface area contributed by atoms with Crippen molar-refractivity contribution in [2.45, 2.75) is 25.8 Å². The van der Waals surface area contributed by atoms with Gasteiger partial charge in [0.05, 0.1) is 11.3 Å². The van der Waals surface area contributed by atoms with Crippen LogP contribution in [-0.4, -0.2) is 23.7 Å². The Morgan fingerprint density at radius 3 is 2.75 bits per heavy atom. The van der Waals surface area contributed by atoms with E-state index in [1.165, 1.54) is 12.8 Å². The zero-order chi connectivity index (χ0) is 11.7. The minimum absolute atomic E-state index is 0.372. The third-order valence-corrected chi connectivity index (χ3v) is 3.50. The second-order valence-corrected chi connectivity index (χ2v) is 4.81. The van der Waals surface area contributed by atoms with Crippen molar-refractivity contribution in [1.29, 1.82) is 0 Å². The van der Waals surface area contributed by atoms with Crippen LogP contribution < -0.4 is 4.90 Å². The van der Waals surface area contributed by atoms with Gasteiger partial charge < -0.3 is 10.0 Å². The quantitative estimate of drug-likeness (QED) is 0.923. The predicted molar refractivity (Wildman–Crippen MR) is 67.1 cm³/mol. The number of hydrogen-bond acceptors (Lipinski definition) is 2. The van der Waals surface area contributed by atoms with Crippen molar-refractivity contribution in [2.75, 3.05) is 11.4 Å². The smallest absolute Gasteiger partial charge is 0.338 e. The molecule has 1 saturated carbocycles. The average Bonchev–Trinajstić information content (AvgIpc) is 3.02. The normalized spacial score (nSPS) is 14.9. The molecule has 1 aliphatic rings. The maximum absolute atomic E-state index is 11.2. The number of carboxylic acids is 1. The summed E-state index contributed by atoms with van der Waals surface area (Å²) >= 11 is 3.31. The molecule has 0 aliphatic heterocycles. The fourth-order valence-corrected chi connectivity index (χ4v) is 2.50. The van der Waals surface area contributed by atoms with Crippen LogP contribution in [0.15, 0.2) is 22.7 Å². The van der Waals surface area contributed by atoms with E-state index in [0.29, 0.717) is 16.1 Å². The van der Waals surface area contributed by atoms with Gasteiger partial charge in [-0.25, -0.2) is 4.79 Å². The zero-order valence-electron chi connectivity index (χ0n) is 9.11. The van der Waals surface area contributed by atoms with Crippen LogP contribution in [0.25, 0.3) is 0 Å². The molecule has 1 aliphatic carbocycles. The van der Waals surface area contributed by atoms with E-state index in [0.717, 1.165) is 12.2 Å². The van der Waals surface area contributed by atoms with Gasteiger partial charge in [-0.3, -0.25) is 0 Å². The molecule has 16 heavy (non-hydrogen) atoms. The average molecular weight is 284 g/mol. The number of carbonyl (C=O) groups is 1. The van der Waals surface area contributed by atoms with E-state index >= 15 is 0 Å². The molecular formula is C12H14BrNO2. The summed E-state index contributed by atoms with van der Waals surface area (Å²) in [6.45, 7) is 2.91. The molecule has 0 saturated heterocycles. The van der Waals surface area contributed by atoms with Gasteiger partial charge in [0.1, 0.15) is 0 Å². The van der Waals surface area contributed by atoms with E-state index in [1.54, 1.807) is 6.07 Å².